The first-order valence-corrected chi connectivity index (χ1v) is 12.0. The van der Waals surface area contributed by atoms with Crippen LogP contribution in [0.15, 0.2) is 76.2 Å². The number of carbonyl (C=O) groups excluding carboxylic acids is 1. The Labute approximate surface area is 223 Å². The molecular formula is C28H25F2N7O2. The third-order valence-corrected chi connectivity index (χ3v) is 6.30. The number of hydrogen-bond acceptors (Lipinski definition) is 7. The van der Waals surface area contributed by atoms with Crippen LogP contribution in [0.25, 0.3) is 11.3 Å². The second-order valence-corrected chi connectivity index (χ2v) is 8.87. The number of aromatic nitrogens is 2. The number of benzene rings is 2. The highest BCUT2D eigenvalue weighted by Gasteiger charge is 2.24. The summed E-state index contributed by atoms with van der Waals surface area (Å²) in [6, 6.07) is 12.7. The van der Waals surface area contributed by atoms with Crippen LogP contribution in [0.1, 0.15) is 29.4 Å². The molecule has 3 aromatic rings. The number of nitrogens with two attached hydrogens (primary N) is 1. The topological polar surface area (TPSA) is 129 Å². The molecule has 198 valence electrons. The number of hydrogen-bond donors (Lipinski definition) is 2. The van der Waals surface area contributed by atoms with Gasteiger partial charge in [-0.2, -0.15) is 15.0 Å². The van der Waals surface area contributed by atoms with Crippen molar-refractivity contribution in [1.29, 1.82) is 5.26 Å². The molecular weight excluding hydrogens is 504 g/mol. The standard InChI is InChI=1S/C28H25F2N7O2/c1-17(19(15-31)10-12-33-2)18-6-7-23(25(14-18)36-13-11-20(32)16-36)34-28(39)24-8-9-26(38)37(35-24)27-21(29)4-3-5-22(27)30/h3-10,12,14,20H,2,11,13,16,32H2,1H3,(H,34,39)/b12-10-,19-17-/t20-/m1/s1. The second kappa shape index (κ2) is 11.6. The van der Waals surface area contributed by atoms with Crippen LogP contribution < -0.4 is 21.5 Å². The Morgan fingerprint density at radius 2 is 2.00 bits per heavy atom. The molecule has 0 aliphatic carbocycles. The highest BCUT2D eigenvalue weighted by atomic mass is 19.1. The molecule has 4 rings (SSSR count). The van der Waals surface area contributed by atoms with Gasteiger partial charge in [0.25, 0.3) is 11.5 Å². The molecule has 1 aliphatic rings. The Balaban J connectivity index is 1.73. The number of amides is 1. The smallest absolute Gasteiger partial charge is 0.276 e. The number of aliphatic imine (C=N–C) groups is 1. The minimum absolute atomic E-state index is 0.0500. The van der Waals surface area contributed by atoms with Gasteiger partial charge in [-0.25, -0.2) is 8.78 Å². The maximum Gasteiger partial charge on any atom is 0.276 e. The lowest BCUT2D eigenvalue weighted by Crippen LogP contribution is -2.28. The van der Waals surface area contributed by atoms with E-state index in [9.17, 15) is 23.6 Å². The first-order chi connectivity index (χ1) is 18.7. The van der Waals surface area contributed by atoms with Crippen LogP contribution in [0.2, 0.25) is 0 Å². The lowest BCUT2D eigenvalue weighted by atomic mass is 10.0. The molecule has 1 fully saturated rings. The number of para-hydroxylation sites is 1. The van der Waals surface area contributed by atoms with Crippen molar-refractivity contribution in [2.24, 2.45) is 10.7 Å². The lowest BCUT2D eigenvalue weighted by Gasteiger charge is -2.23. The van der Waals surface area contributed by atoms with Crippen molar-refractivity contribution in [2.45, 2.75) is 19.4 Å². The summed E-state index contributed by atoms with van der Waals surface area (Å²) in [6.07, 6.45) is 3.74. The monoisotopic (exact) mass is 529 g/mol. The zero-order valence-electron chi connectivity index (χ0n) is 21.1. The van der Waals surface area contributed by atoms with Gasteiger partial charge in [0, 0.05) is 31.4 Å². The number of nitriles is 1. The molecule has 1 aliphatic heterocycles. The van der Waals surface area contributed by atoms with Gasteiger partial charge in [-0.15, -0.1) is 0 Å². The van der Waals surface area contributed by atoms with Crippen LogP contribution in [0, 0.1) is 23.0 Å². The molecule has 0 bridgehead atoms. The van der Waals surface area contributed by atoms with Gasteiger partial charge in [0.05, 0.1) is 23.0 Å². The molecule has 11 heteroatoms. The summed E-state index contributed by atoms with van der Waals surface area (Å²) in [5.41, 5.74) is 7.37. The van der Waals surface area contributed by atoms with E-state index in [0.717, 1.165) is 36.2 Å². The SMILES string of the molecule is C=N/C=C\C(C#N)=C(/C)c1ccc(NC(=O)c2ccc(=O)n(-c3c(F)cccc3F)n2)c(N2CC[C@@H](N)C2)c1. The molecule has 1 atom stereocenters. The van der Waals surface area contributed by atoms with Gasteiger partial charge in [0.1, 0.15) is 11.4 Å². The minimum atomic E-state index is -0.996. The third-order valence-electron chi connectivity index (χ3n) is 6.30. The Kier molecular flexibility index (Phi) is 8.07. The van der Waals surface area contributed by atoms with Gasteiger partial charge >= 0.3 is 0 Å². The van der Waals surface area contributed by atoms with Crippen LogP contribution in [0.4, 0.5) is 20.2 Å². The molecule has 39 heavy (non-hydrogen) atoms. The summed E-state index contributed by atoms with van der Waals surface area (Å²) in [4.78, 5) is 31.2. The van der Waals surface area contributed by atoms with E-state index in [1.165, 1.54) is 12.3 Å². The molecule has 3 N–H and O–H groups in total. The summed E-state index contributed by atoms with van der Waals surface area (Å²) in [7, 11) is 0. The third kappa shape index (κ3) is 5.81. The number of rotatable bonds is 7. The number of halogens is 2. The Hall–Kier alpha value is -4.95. The van der Waals surface area contributed by atoms with E-state index < -0.39 is 28.8 Å². The fraction of sp³-hybridized carbons (Fsp3) is 0.179. The zero-order valence-corrected chi connectivity index (χ0v) is 21.1. The quantitative estimate of drug-likeness (QED) is 0.272. The average molecular weight is 530 g/mol. The molecule has 1 aromatic heterocycles. The number of nitrogens with zero attached hydrogens (tertiary/aromatic N) is 5. The van der Waals surface area contributed by atoms with Crippen LogP contribution in [-0.4, -0.2) is 41.5 Å². The second-order valence-electron chi connectivity index (χ2n) is 8.87. The summed E-state index contributed by atoms with van der Waals surface area (Å²) in [5, 5.41) is 16.3. The van der Waals surface area contributed by atoms with Crippen molar-refractivity contribution in [3.63, 3.8) is 0 Å². The number of carbonyl (C=O) groups is 1. The minimum Gasteiger partial charge on any atom is -0.368 e. The van der Waals surface area contributed by atoms with Crippen molar-refractivity contribution in [2.75, 3.05) is 23.3 Å². The van der Waals surface area contributed by atoms with Gasteiger partial charge in [-0.05, 0) is 67.6 Å². The highest BCUT2D eigenvalue weighted by molar-refractivity contribution is 6.05. The molecule has 0 radical (unpaired) electrons. The Morgan fingerprint density at radius 1 is 1.26 bits per heavy atom. The van der Waals surface area contributed by atoms with Gasteiger partial charge in [0.15, 0.2) is 11.6 Å². The van der Waals surface area contributed by atoms with Gasteiger partial charge in [0.2, 0.25) is 0 Å². The van der Waals surface area contributed by atoms with Crippen molar-refractivity contribution in [3.05, 3.63) is 99.6 Å². The van der Waals surface area contributed by atoms with Gasteiger partial charge in [-0.1, -0.05) is 12.1 Å². The fourth-order valence-electron chi connectivity index (χ4n) is 4.24. The van der Waals surface area contributed by atoms with Crippen molar-refractivity contribution in [3.8, 4) is 11.8 Å². The average Bonchev–Trinajstić information content (AvgIpc) is 3.36. The van der Waals surface area contributed by atoms with E-state index >= 15 is 0 Å². The maximum atomic E-state index is 14.3. The predicted molar refractivity (Wildman–Crippen MR) is 146 cm³/mol. The molecule has 1 amide bonds. The van der Waals surface area contributed by atoms with E-state index in [0.29, 0.717) is 40.3 Å². The molecule has 0 spiro atoms. The number of nitrogens with one attached hydrogen (secondary N) is 1. The van der Waals surface area contributed by atoms with E-state index in [1.807, 2.05) is 11.0 Å². The van der Waals surface area contributed by atoms with Crippen LogP contribution in [-0.2, 0) is 0 Å². The fourth-order valence-corrected chi connectivity index (χ4v) is 4.24. The van der Waals surface area contributed by atoms with E-state index in [1.54, 1.807) is 25.1 Å². The highest BCUT2D eigenvalue weighted by Crippen LogP contribution is 2.33. The first kappa shape index (κ1) is 27.1. The summed E-state index contributed by atoms with van der Waals surface area (Å²) in [6.45, 7) is 6.39. The Morgan fingerprint density at radius 3 is 2.64 bits per heavy atom. The van der Waals surface area contributed by atoms with Gasteiger partial charge < -0.3 is 16.0 Å². The zero-order chi connectivity index (χ0) is 28.1. The van der Waals surface area contributed by atoms with Crippen molar-refractivity contribution in [1.82, 2.24) is 9.78 Å². The molecule has 0 unspecified atom stereocenters. The molecule has 0 saturated carbocycles. The van der Waals surface area contributed by atoms with Crippen LogP contribution in [0.5, 0.6) is 0 Å². The normalized spacial score (nSPS) is 15.7. The van der Waals surface area contributed by atoms with Gasteiger partial charge in [-0.3, -0.25) is 14.6 Å². The molecule has 2 heterocycles. The van der Waals surface area contributed by atoms with Crippen LogP contribution in [0.3, 0.4) is 0 Å². The van der Waals surface area contributed by atoms with E-state index in [-0.39, 0.29) is 11.7 Å². The summed E-state index contributed by atoms with van der Waals surface area (Å²) < 4.78 is 29.1. The van der Waals surface area contributed by atoms with E-state index in [2.05, 4.69) is 28.2 Å². The first-order valence-electron chi connectivity index (χ1n) is 12.0. The van der Waals surface area contributed by atoms with Crippen molar-refractivity contribution >= 4 is 29.6 Å². The number of allylic oxidation sites excluding steroid dienone is 3. The van der Waals surface area contributed by atoms with Crippen molar-refractivity contribution < 1.29 is 13.6 Å². The molecule has 2 aromatic carbocycles. The number of anilines is 2. The Bertz CT molecular complexity index is 1580. The molecule has 9 nitrogen and oxygen atoms in total. The molecule has 1 saturated heterocycles. The maximum absolute atomic E-state index is 14.3. The predicted octanol–water partition coefficient (Wildman–Crippen LogP) is 3.81. The largest absolute Gasteiger partial charge is 0.368 e. The van der Waals surface area contributed by atoms with Crippen LogP contribution >= 0.6 is 0 Å². The summed E-state index contributed by atoms with van der Waals surface area (Å²) in [5.74, 6) is -2.68. The lowest BCUT2D eigenvalue weighted by molar-refractivity contribution is 0.102. The summed E-state index contributed by atoms with van der Waals surface area (Å²) >= 11 is 0. The van der Waals surface area contributed by atoms with E-state index in [4.69, 9.17) is 5.73 Å².